The number of benzene rings is 2. The summed E-state index contributed by atoms with van der Waals surface area (Å²) in [6.45, 7) is 0. The van der Waals surface area contributed by atoms with E-state index in [0.717, 1.165) is 11.3 Å². The van der Waals surface area contributed by atoms with Gasteiger partial charge in [-0.1, -0.05) is 23.2 Å². The Morgan fingerprint density at radius 1 is 1.00 bits per heavy atom. The highest BCUT2D eigenvalue weighted by molar-refractivity contribution is 7.91. The van der Waals surface area contributed by atoms with Gasteiger partial charge in [0.25, 0.3) is 5.56 Å². The molecule has 0 aliphatic carbocycles. The van der Waals surface area contributed by atoms with E-state index in [1.54, 1.807) is 37.3 Å². The molecule has 2 aromatic heterocycles. The van der Waals surface area contributed by atoms with Gasteiger partial charge in [-0.15, -0.1) is 11.3 Å². The van der Waals surface area contributed by atoms with E-state index in [1.807, 2.05) is 0 Å². The lowest BCUT2D eigenvalue weighted by Crippen LogP contribution is -2.27. The lowest BCUT2D eigenvalue weighted by Gasteiger charge is -2.02. The molecular formula is C22H16Cl2N2O4S2. The third-order valence-electron chi connectivity index (χ3n) is 4.67. The van der Waals surface area contributed by atoms with Crippen LogP contribution in [0.5, 0.6) is 0 Å². The van der Waals surface area contributed by atoms with Crippen molar-refractivity contribution in [3.8, 4) is 0 Å². The Morgan fingerprint density at radius 3 is 2.12 bits per heavy atom. The van der Waals surface area contributed by atoms with E-state index < -0.39 is 21.2 Å². The summed E-state index contributed by atoms with van der Waals surface area (Å²) in [5.41, 5.74) is -0.212. The number of hydrogen-bond donors (Lipinski definition) is 0. The molecule has 10 heteroatoms. The van der Waals surface area contributed by atoms with E-state index in [4.69, 9.17) is 23.2 Å². The van der Waals surface area contributed by atoms with E-state index >= 15 is 0 Å². The predicted molar refractivity (Wildman–Crippen MR) is 127 cm³/mol. The van der Waals surface area contributed by atoms with Crippen molar-refractivity contribution in [2.45, 2.75) is 9.79 Å². The van der Waals surface area contributed by atoms with Crippen LogP contribution < -0.4 is 10.1 Å². The topological polar surface area (TPSA) is 75.9 Å². The van der Waals surface area contributed by atoms with E-state index in [2.05, 4.69) is 0 Å². The number of fused-ring (bicyclic) bond motifs is 1. The second kappa shape index (κ2) is 8.37. The highest BCUT2D eigenvalue weighted by Gasteiger charge is 2.29. The molecule has 0 unspecified atom stereocenters. The van der Waals surface area contributed by atoms with Crippen LogP contribution in [0.3, 0.4) is 0 Å². The Morgan fingerprint density at radius 2 is 1.56 bits per heavy atom. The molecule has 0 radical (unpaired) electrons. The minimum atomic E-state index is -4.02. The van der Waals surface area contributed by atoms with Crippen molar-refractivity contribution in [1.82, 2.24) is 9.30 Å². The molecular weight excluding hydrogens is 491 g/mol. The maximum absolute atomic E-state index is 13.4. The molecule has 0 fully saturated rings. The molecule has 0 bridgehead atoms. The van der Waals surface area contributed by atoms with Gasteiger partial charge in [0.2, 0.25) is 15.6 Å². The fourth-order valence-corrected chi connectivity index (χ4v) is 6.32. The minimum absolute atomic E-state index is 0.0129. The number of halogens is 2. The van der Waals surface area contributed by atoms with Crippen molar-refractivity contribution in [2.24, 2.45) is 0 Å². The first-order chi connectivity index (χ1) is 15.1. The maximum atomic E-state index is 13.4. The summed E-state index contributed by atoms with van der Waals surface area (Å²) in [5, 5.41) is 0.848. The van der Waals surface area contributed by atoms with Crippen molar-refractivity contribution in [3.05, 3.63) is 90.8 Å². The molecule has 0 atom stereocenters. The lowest BCUT2D eigenvalue weighted by molar-refractivity contribution is 0.103. The van der Waals surface area contributed by atoms with Crippen LogP contribution in [0.2, 0.25) is 10.0 Å². The largest absolute Gasteiger partial charge is 0.382 e. The van der Waals surface area contributed by atoms with E-state index in [0.29, 0.717) is 14.6 Å². The lowest BCUT2D eigenvalue weighted by atomic mass is 10.1. The molecule has 164 valence electrons. The van der Waals surface area contributed by atoms with Gasteiger partial charge in [0.1, 0.15) is 14.3 Å². The predicted octanol–water partition coefficient (Wildman–Crippen LogP) is 3.75. The smallest absolute Gasteiger partial charge is 0.275 e. The molecule has 0 N–H and O–H groups in total. The number of carbonyl (C=O) groups excluding carboxylic acids is 1. The van der Waals surface area contributed by atoms with Crippen molar-refractivity contribution >= 4 is 61.2 Å². The monoisotopic (exact) mass is 506 g/mol. The normalized spacial score (nSPS) is 12.4. The van der Waals surface area contributed by atoms with Crippen LogP contribution in [0.15, 0.2) is 69.2 Å². The summed E-state index contributed by atoms with van der Waals surface area (Å²) in [6, 6.07) is 13.2. The van der Waals surface area contributed by atoms with Gasteiger partial charge in [-0.3, -0.25) is 14.0 Å². The zero-order valence-corrected chi connectivity index (χ0v) is 20.0. The molecule has 4 rings (SSSR count). The number of thiazole rings is 1. The van der Waals surface area contributed by atoms with Crippen LogP contribution >= 0.6 is 34.5 Å². The maximum Gasteiger partial charge on any atom is 0.275 e. The van der Waals surface area contributed by atoms with Gasteiger partial charge in [-0.2, -0.15) is 0 Å². The number of hydrogen-bond acceptors (Lipinski definition) is 6. The number of aromatic nitrogens is 1. The molecule has 32 heavy (non-hydrogen) atoms. The van der Waals surface area contributed by atoms with Gasteiger partial charge < -0.3 is 4.90 Å². The van der Waals surface area contributed by atoms with Crippen LogP contribution in [0.4, 0.5) is 0 Å². The fourth-order valence-electron chi connectivity index (χ4n) is 3.19. The molecule has 0 aliphatic rings. The second-order valence-electron chi connectivity index (χ2n) is 7.19. The molecule has 0 spiro atoms. The zero-order valence-electron chi connectivity index (χ0n) is 16.9. The zero-order chi connectivity index (χ0) is 23.2. The highest BCUT2D eigenvalue weighted by Crippen LogP contribution is 2.30. The van der Waals surface area contributed by atoms with Crippen LogP contribution in [0, 0.1) is 0 Å². The van der Waals surface area contributed by atoms with Crippen LogP contribution in [-0.4, -0.2) is 37.6 Å². The van der Waals surface area contributed by atoms with Gasteiger partial charge in [0, 0.05) is 35.9 Å². The summed E-state index contributed by atoms with van der Waals surface area (Å²) in [6.07, 6.45) is 1.59. The quantitative estimate of drug-likeness (QED) is 0.385. The van der Waals surface area contributed by atoms with E-state index in [9.17, 15) is 18.0 Å². The molecule has 0 amide bonds. The summed E-state index contributed by atoms with van der Waals surface area (Å²) < 4.78 is 28.3. The summed E-state index contributed by atoms with van der Waals surface area (Å²) in [7, 11) is -0.525. The van der Waals surface area contributed by atoms with Gasteiger partial charge in [0.15, 0.2) is 0 Å². The van der Waals surface area contributed by atoms with Crippen LogP contribution in [0.25, 0.3) is 11.0 Å². The van der Waals surface area contributed by atoms with Gasteiger partial charge in [-0.25, -0.2) is 8.42 Å². The molecule has 0 saturated heterocycles. The minimum Gasteiger partial charge on any atom is -0.382 e. The number of sulfone groups is 1. The highest BCUT2D eigenvalue weighted by atomic mass is 35.5. The van der Waals surface area contributed by atoms with Crippen molar-refractivity contribution < 1.29 is 13.2 Å². The molecule has 0 aliphatic heterocycles. The first-order valence-corrected chi connectivity index (χ1v) is 12.3. The van der Waals surface area contributed by atoms with Crippen molar-refractivity contribution in [2.75, 3.05) is 14.1 Å². The molecule has 4 aromatic rings. The Balaban J connectivity index is 2.02. The Hall–Kier alpha value is -2.65. The van der Waals surface area contributed by atoms with Gasteiger partial charge in [-0.05, 0) is 54.6 Å². The Labute approximate surface area is 197 Å². The van der Waals surface area contributed by atoms with E-state index in [1.165, 1.54) is 46.9 Å². The van der Waals surface area contributed by atoms with Gasteiger partial charge in [0.05, 0.1) is 10.6 Å². The number of nitrogens with zero attached hydrogens (tertiary/aromatic N) is 2. The SMILES string of the molecule is CN(C)C=c1sc2c(S(=O)(=O)c3ccc(Cl)cc3)cc(C(=O)c3ccc(Cl)cc3)n2c1=O. The second-order valence-corrected chi connectivity index (χ2v) is 11.0. The van der Waals surface area contributed by atoms with E-state index in [-0.39, 0.29) is 25.9 Å². The van der Waals surface area contributed by atoms with Crippen LogP contribution in [-0.2, 0) is 9.84 Å². The molecule has 6 nitrogen and oxygen atoms in total. The molecule has 0 saturated carbocycles. The fraction of sp³-hybridized carbons (Fsp3) is 0.0909. The van der Waals surface area contributed by atoms with Crippen LogP contribution in [0.1, 0.15) is 16.1 Å². The Kier molecular flexibility index (Phi) is 5.89. The summed E-state index contributed by atoms with van der Waals surface area (Å²) in [4.78, 5) is 28.1. The average molecular weight is 507 g/mol. The third kappa shape index (κ3) is 3.95. The number of rotatable bonds is 5. The van der Waals surface area contributed by atoms with Crippen molar-refractivity contribution in [3.63, 3.8) is 0 Å². The van der Waals surface area contributed by atoms with Gasteiger partial charge >= 0.3 is 0 Å². The standard InChI is InChI=1S/C22H16Cl2N2O4S2/c1-25(2)12-18-21(28)26-17(20(27)13-3-5-14(23)6-4-13)11-19(22(26)31-18)32(29,30)16-9-7-15(24)8-10-16/h3-12H,1-2H3. The Bertz CT molecular complexity index is 1550. The number of ketones is 1. The van der Waals surface area contributed by atoms with Crippen molar-refractivity contribution in [1.29, 1.82) is 0 Å². The summed E-state index contributed by atoms with van der Waals surface area (Å²) in [5.74, 6) is -0.486. The summed E-state index contributed by atoms with van der Waals surface area (Å²) >= 11 is 12.8. The first-order valence-electron chi connectivity index (χ1n) is 9.27. The molecule has 2 heterocycles. The third-order valence-corrected chi connectivity index (χ3v) is 8.18. The first kappa shape index (κ1) is 22.5. The number of carbonyl (C=O) groups is 1. The average Bonchev–Trinajstić information content (AvgIpc) is 3.26. The molecule has 2 aromatic carbocycles.